The molecule has 2 aromatic rings. The van der Waals surface area contributed by atoms with Gasteiger partial charge in [0, 0.05) is 24.7 Å². The largest absolute Gasteiger partial charge is 0.373 e. The topological polar surface area (TPSA) is 3.24 Å². The van der Waals surface area contributed by atoms with Crippen molar-refractivity contribution in [1.29, 1.82) is 0 Å². The van der Waals surface area contributed by atoms with Crippen molar-refractivity contribution in [3.05, 3.63) is 65.2 Å². The number of likely N-dealkylation sites (N-methyl/N-ethyl adjacent to an activating group) is 1. The summed E-state index contributed by atoms with van der Waals surface area (Å²) in [4.78, 5) is 2.33. The van der Waals surface area contributed by atoms with E-state index in [9.17, 15) is 0 Å². The van der Waals surface area contributed by atoms with E-state index in [1.165, 1.54) is 22.4 Å². The molecule has 0 amide bonds. The van der Waals surface area contributed by atoms with E-state index in [2.05, 4.69) is 88.2 Å². The van der Waals surface area contributed by atoms with Gasteiger partial charge in [-0.05, 0) is 36.6 Å². The minimum absolute atomic E-state index is 0.325. The molecule has 0 unspecified atom stereocenters. The zero-order chi connectivity index (χ0) is 14.8. The molecule has 0 N–H and O–H groups in total. The van der Waals surface area contributed by atoms with Crippen LogP contribution in [0.5, 0.6) is 0 Å². The van der Waals surface area contributed by atoms with Gasteiger partial charge in [-0.25, -0.2) is 0 Å². The lowest BCUT2D eigenvalue weighted by Crippen LogP contribution is -2.24. The SMILES string of the molecule is CN1CC(C)(C)c2ccccc21.Cc1ccccc1C. The molecule has 0 fully saturated rings. The number of hydrogen-bond acceptors (Lipinski definition) is 1. The van der Waals surface area contributed by atoms with Gasteiger partial charge in [0.1, 0.15) is 0 Å². The molecule has 0 atom stereocenters. The molecule has 106 valence electrons. The zero-order valence-electron chi connectivity index (χ0n) is 13.3. The van der Waals surface area contributed by atoms with E-state index < -0.39 is 0 Å². The summed E-state index contributed by atoms with van der Waals surface area (Å²) in [5.74, 6) is 0. The van der Waals surface area contributed by atoms with Crippen LogP contribution in [0.25, 0.3) is 0 Å². The van der Waals surface area contributed by atoms with Gasteiger partial charge in [0.2, 0.25) is 0 Å². The molecule has 1 aliphatic heterocycles. The Kier molecular flexibility index (Phi) is 4.17. The highest BCUT2D eigenvalue weighted by Gasteiger charge is 2.32. The molecule has 0 saturated carbocycles. The third-order valence-corrected chi connectivity index (χ3v) is 4.10. The molecule has 0 radical (unpaired) electrons. The molecule has 1 aliphatic rings. The third-order valence-electron chi connectivity index (χ3n) is 4.10. The van der Waals surface area contributed by atoms with Gasteiger partial charge in [-0.2, -0.15) is 0 Å². The van der Waals surface area contributed by atoms with E-state index in [0.29, 0.717) is 5.41 Å². The van der Waals surface area contributed by atoms with Crippen molar-refractivity contribution in [1.82, 2.24) is 0 Å². The number of rotatable bonds is 0. The number of fused-ring (bicyclic) bond motifs is 1. The molecular weight excluding hydrogens is 242 g/mol. The van der Waals surface area contributed by atoms with Crippen LogP contribution in [0.1, 0.15) is 30.5 Å². The predicted octanol–water partition coefficient (Wildman–Crippen LogP) is 4.72. The second kappa shape index (κ2) is 5.70. The van der Waals surface area contributed by atoms with E-state index in [1.807, 2.05) is 0 Å². The second-order valence-corrected chi connectivity index (χ2v) is 6.34. The molecule has 1 nitrogen and oxygen atoms in total. The first-order chi connectivity index (χ1) is 9.42. The molecule has 1 heteroatoms. The van der Waals surface area contributed by atoms with Gasteiger partial charge in [-0.3, -0.25) is 0 Å². The van der Waals surface area contributed by atoms with Crippen LogP contribution in [-0.4, -0.2) is 13.6 Å². The van der Waals surface area contributed by atoms with Crippen molar-refractivity contribution in [2.24, 2.45) is 0 Å². The second-order valence-electron chi connectivity index (χ2n) is 6.34. The quantitative estimate of drug-likeness (QED) is 0.667. The van der Waals surface area contributed by atoms with Crippen molar-refractivity contribution >= 4 is 5.69 Å². The highest BCUT2D eigenvalue weighted by molar-refractivity contribution is 5.61. The van der Waals surface area contributed by atoms with E-state index in [4.69, 9.17) is 0 Å². The van der Waals surface area contributed by atoms with Crippen LogP contribution < -0.4 is 4.90 Å². The van der Waals surface area contributed by atoms with Gasteiger partial charge in [0.05, 0.1) is 0 Å². The Morgan fingerprint density at radius 2 is 1.35 bits per heavy atom. The molecule has 0 saturated heterocycles. The Hall–Kier alpha value is -1.76. The highest BCUT2D eigenvalue weighted by atomic mass is 15.1. The lowest BCUT2D eigenvalue weighted by Gasteiger charge is -2.18. The molecule has 0 aliphatic carbocycles. The summed E-state index contributed by atoms with van der Waals surface area (Å²) in [5.41, 5.74) is 5.93. The summed E-state index contributed by atoms with van der Waals surface area (Å²) in [5, 5.41) is 0. The van der Waals surface area contributed by atoms with Crippen molar-refractivity contribution < 1.29 is 0 Å². The summed E-state index contributed by atoms with van der Waals surface area (Å²) < 4.78 is 0. The fourth-order valence-electron chi connectivity index (χ4n) is 2.80. The van der Waals surface area contributed by atoms with Gasteiger partial charge >= 0.3 is 0 Å². The molecule has 1 heterocycles. The number of aryl methyl sites for hydroxylation is 2. The average Bonchev–Trinajstić information content (AvgIpc) is 2.65. The monoisotopic (exact) mass is 267 g/mol. The molecular formula is C19H25N. The molecule has 0 aromatic heterocycles. The Morgan fingerprint density at radius 3 is 1.85 bits per heavy atom. The summed E-state index contributed by atoms with van der Waals surface area (Å²) in [7, 11) is 2.16. The Morgan fingerprint density at radius 1 is 0.850 bits per heavy atom. The highest BCUT2D eigenvalue weighted by Crippen LogP contribution is 2.38. The standard InChI is InChI=1S/C11H15N.C8H10/c1-11(2)8-12(3)10-7-5-4-6-9(10)11;1-7-5-3-4-6-8(7)2/h4-7H,8H2,1-3H3;3-6H,1-2H3. The number of benzene rings is 2. The smallest absolute Gasteiger partial charge is 0.0402 e. The van der Waals surface area contributed by atoms with Crippen LogP contribution in [0.2, 0.25) is 0 Å². The van der Waals surface area contributed by atoms with Gasteiger partial charge in [-0.1, -0.05) is 56.3 Å². The summed E-state index contributed by atoms with van der Waals surface area (Å²) in [6.07, 6.45) is 0. The first kappa shape index (κ1) is 14.6. The minimum Gasteiger partial charge on any atom is -0.373 e. The van der Waals surface area contributed by atoms with Crippen LogP contribution >= 0.6 is 0 Å². The predicted molar refractivity (Wildman–Crippen MR) is 88.7 cm³/mol. The van der Waals surface area contributed by atoms with Gasteiger partial charge in [0.15, 0.2) is 0 Å². The molecule has 0 spiro atoms. The van der Waals surface area contributed by atoms with E-state index >= 15 is 0 Å². The summed E-state index contributed by atoms with van der Waals surface area (Å²) in [6, 6.07) is 17.0. The lowest BCUT2D eigenvalue weighted by atomic mass is 9.87. The Labute approximate surface area is 123 Å². The molecule has 2 aromatic carbocycles. The number of anilines is 1. The minimum atomic E-state index is 0.325. The lowest BCUT2D eigenvalue weighted by molar-refractivity contribution is 0.563. The van der Waals surface area contributed by atoms with Crippen LogP contribution in [0, 0.1) is 13.8 Å². The van der Waals surface area contributed by atoms with Gasteiger partial charge in [-0.15, -0.1) is 0 Å². The van der Waals surface area contributed by atoms with Crippen molar-refractivity contribution in [3.8, 4) is 0 Å². The number of hydrogen-bond donors (Lipinski definition) is 0. The maximum atomic E-state index is 2.33. The van der Waals surface area contributed by atoms with E-state index in [1.54, 1.807) is 0 Å². The third kappa shape index (κ3) is 3.04. The van der Waals surface area contributed by atoms with E-state index in [-0.39, 0.29) is 0 Å². The Balaban J connectivity index is 0.000000160. The summed E-state index contributed by atoms with van der Waals surface area (Å²) >= 11 is 0. The fourth-order valence-corrected chi connectivity index (χ4v) is 2.80. The maximum Gasteiger partial charge on any atom is 0.0402 e. The van der Waals surface area contributed by atoms with Crippen molar-refractivity contribution in [2.45, 2.75) is 33.1 Å². The molecule has 3 rings (SSSR count). The van der Waals surface area contributed by atoms with Crippen molar-refractivity contribution in [2.75, 3.05) is 18.5 Å². The van der Waals surface area contributed by atoms with Crippen LogP contribution in [0.15, 0.2) is 48.5 Å². The number of nitrogens with zero attached hydrogens (tertiary/aromatic N) is 1. The van der Waals surface area contributed by atoms with Crippen LogP contribution in [0.4, 0.5) is 5.69 Å². The maximum absolute atomic E-state index is 2.33. The molecule has 0 bridgehead atoms. The van der Waals surface area contributed by atoms with Gasteiger partial charge in [0.25, 0.3) is 0 Å². The first-order valence-electron chi connectivity index (χ1n) is 7.25. The average molecular weight is 267 g/mol. The number of para-hydroxylation sites is 1. The summed E-state index contributed by atoms with van der Waals surface area (Å²) in [6.45, 7) is 9.97. The molecule has 20 heavy (non-hydrogen) atoms. The zero-order valence-corrected chi connectivity index (χ0v) is 13.3. The normalized spacial score (nSPS) is 15.3. The van der Waals surface area contributed by atoms with Gasteiger partial charge < -0.3 is 4.90 Å². The van der Waals surface area contributed by atoms with Crippen LogP contribution in [-0.2, 0) is 5.41 Å². The van der Waals surface area contributed by atoms with E-state index in [0.717, 1.165) is 6.54 Å². The Bertz CT molecular complexity index is 563. The van der Waals surface area contributed by atoms with Crippen molar-refractivity contribution in [3.63, 3.8) is 0 Å². The van der Waals surface area contributed by atoms with Crippen LogP contribution in [0.3, 0.4) is 0 Å². The first-order valence-corrected chi connectivity index (χ1v) is 7.25. The fraction of sp³-hybridized carbons (Fsp3) is 0.368.